The summed E-state index contributed by atoms with van der Waals surface area (Å²) in [5.74, 6) is 1.28. The van der Waals surface area contributed by atoms with Crippen molar-refractivity contribution in [3.8, 4) is 5.88 Å². The highest BCUT2D eigenvalue weighted by Gasteiger charge is 2.25. The standard InChI is InChI=1S/C20H25FN4O2/c1-27-20-14(9-15(21)10-22-20)11-25-8-7-17-16(12-25)19(26)24-18(23-17)13-5-3-2-4-6-13/h9-10,13H,2-8,11-12H2,1H3,(H,23,24,26). The van der Waals surface area contributed by atoms with Gasteiger partial charge in [-0.3, -0.25) is 9.69 Å². The minimum atomic E-state index is -0.389. The van der Waals surface area contributed by atoms with Gasteiger partial charge in [0.05, 0.1) is 24.6 Å². The fourth-order valence-corrected chi connectivity index (χ4v) is 4.21. The average Bonchev–Trinajstić information content (AvgIpc) is 2.69. The number of hydrogen-bond donors (Lipinski definition) is 1. The quantitative estimate of drug-likeness (QED) is 0.894. The smallest absolute Gasteiger partial charge is 0.255 e. The zero-order valence-electron chi connectivity index (χ0n) is 15.6. The van der Waals surface area contributed by atoms with Gasteiger partial charge in [-0.25, -0.2) is 14.4 Å². The Morgan fingerprint density at radius 3 is 2.93 bits per heavy atom. The van der Waals surface area contributed by atoms with E-state index in [0.29, 0.717) is 30.5 Å². The second kappa shape index (κ2) is 7.76. The summed E-state index contributed by atoms with van der Waals surface area (Å²) in [4.78, 5) is 26.6. The number of fused-ring (bicyclic) bond motifs is 1. The maximum Gasteiger partial charge on any atom is 0.255 e. The number of nitrogens with one attached hydrogen (secondary N) is 1. The van der Waals surface area contributed by atoms with Crippen LogP contribution in [0.5, 0.6) is 5.88 Å². The minimum absolute atomic E-state index is 0.0328. The highest BCUT2D eigenvalue weighted by molar-refractivity contribution is 5.27. The van der Waals surface area contributed by atoms with Crippen molar-refractivity contribution in [1.82, 2.24) is 19.9 Å². The van der Waals surface area contributed by atoms with Gasteiger partial charge < -0.3 is 9.72 Å². The summed E-state index contributed by atoms with van der Waals surface area (Å²) in [6.45, 7) is 1.76. The molecule has 0 bridgehead atoms. The summed E-state index contributed by atoms with van der Waals surface area (Å²) in [5, 5.41) is 0. The maximum absolute atomic E-state index is 13.6. The molecular weight excluding hydrogens is 347 g/mol. The molecule has 0 saturated heterocycles. The lowest BCUT2D eigenvalue weighted by atomic mass is 9.88. The lowest BCUT2D eigenvalue weighted by molar-refractivity contribution is 0.236. The lowest BCUT2D eigenvalue weighted by Gasteiger charge is -2.29. The predicted molar refractivity (Wildman–Crippen MR) is 99.2 cm³/mol. The molecule has 4 rings (SSSR count). The Bertz CT molecular complexity index is 877. The number of H-pyrrole nitrogens is 1. The van der Waals surface area contributed by atoms with Gasteiger partial charge in [-0.1, -0.05) is 19.3 Å². The van der Waals surface area contributed by atoms with Crippen molar-refractivity contribution in [1.29, 1.82) is 0 Å². The third-order valence-electron chi connectivity index (χ3n) is 5.64. The van der Waals surface area contributed by atoms with Crippen molar-refractivity contribution in [2.24, 2.45) is 0 Å². The summed E-state index contributed by atoms with van der Waals surface area (Å²) in [7, 11) is 1.52. The Morgan fingerprint density at radius 1 is 1.33 bits per heavy atom. The van der Waals surface area contributed by atoms with Gasteiger partial charge in [-0.05, 0) is 18.9 Å². The highest BCUT2D eigenvalue weighted by Crippen LogP contribution is 2.31. The molecule has 6 nitrogen and oxygen atoms in total. The summed E-state index contributed by atoms with van der Waals surface area (Å²) < 4.78 is 18.8. The Hall–Kier alpha value is -2.28. The molecule has 1 saturated carbocycles. The number of pyridine rings is 1. The molecule has 2 aromatic rings. The van der Waals surface area contributed by atoms with E-state index in [4.69, 9.17) is 9.72 Å². The van der Waals surface area contributed by atoms with Gasteiger partial charge in [-0.15, -0.1) is 0 Å². The van der Waals surface area contributed by atoms with Gasteiger partial charge in [0.1, 0.15) is 11.6 Å². The van der Waals surface area contributed by atoms with Gasteiger partial charge in [0.25, 0.3) is 5.56 Å². The molecule has 144 valence electrons. The summed E-state index contributed by atoms with van der Waals surface area (Å²) >= 11 is 0. The van der Waals surface area contributed by atoms with Crippen molar-refractivity contribution < 1.29 is 9.13 Å². The first-order valence-corrected chi connectivity index (χ1v) is 9.67. The molecule has 1 fully saturated rings. The van der Waals surface area contributed by atoms with Crippen LogP contribution in [0.15, 0.2) is 17.1 Å². The number of halogens is 1. The van der Waals surface area contributed by atoms with Crippen LogP contribution in [0.3, 0.4) is 0 Å². The SMILES string of the molecule is COc1ncc(F)cc1CN1CCc2nc(C3CCCCC3)[nH]c(=O)c2C1. The molecule has 0 unspecified atom stereocenters. The van der Waals surface area contributed by atoms with Crippen LogP contribution in [0.25, 0.3) is 0 Å². The highest BCUT2D eigenvalue weighted by atomic mass is 19.1. The van der Waals surface area contributed by atoms with E-state index in [-0.39, 0.29) is 11.4 Å². The molecule has 0 amide bonds. The Kier molecular flexibility index (Phi) is 5.20. The minimum Gasteiger partial charge on any atom is -0.481 e. The van der Waals surface area contributed by atoms with E-state index >= 15 is 0 Å². The number of hydrogen-bond acceptors (Lipinski definition) is 5. The molecule has 0 atom stereocenters. The van der Waals surface area contributed by atoms with Crippen LogP contribution in [-0.4, -0.2) is 33.5 Å². The number of methoxy groups -OCH3 is 1. The van der Waals surface area contributed by atoms with Crippen molar-refractivity contribution in [2.45, 2.75) is 57.5 Å². The molecular formula is C20H25FN4O2. The Balaban J connectivity index is 1.53. The average molecular weight is 372 g/mol. The van der Waals surface area contributed by atoms with Crippen LogP contribution in [0.2, 0.25) is 0 Å². The van der Waals surface area contributed by atoms with Crippen LogP contribution in [0, 0.1) is 5.82 Å². The number of rotatable bonds is 4. The van der Waals surface area contributed by atoms with Gasteiger partial charge >= 0.3 is 0 Å². The molecule has 3 heterocycles. The molecule has 0 aromatic carbocycles. The second-order valence-corrected chi connectivity index (χ2v) is 7.49. The Labute approximate surface area is 157 Å². The van der Waals surface area contributed by atoms with E-state index in [1.165, 1.54) is 32.4 Å². The van der Waals surface area contributed by atoms with E-state index < -0.39 is 0 Å². The summed E-state index contributed by atoms with van der Waals surface area (Å²) in [6, 6.07) is 1.44. The van der Waals surface area contributed by atoms with Crippen molar-refractivity contribution in [3.63, 3.8) is 0 Å². The molecule has 1 N–H and O–H groups in total. The van der Waals surface area contributed by atoms with Crippen LogP contribution >= 0.6 is 0 Å². The van der Waals surface area contributed by atoms with E-state index in [9.17, 15) is 9.18 Å². The number of nitrogens with zero attached hydrogens (tertiary/aromatic N) is 3. The summed E-state index contributed by atoms with van der Waals surface area (Å²) in [5.41, 5.74) is 2.29. The third kappa shape index (κ3) is 3.88. The zero-order valence-corrected chi connectivity index (χ0v) is 15.6. The zero-order chi connectivity index (χ0) is 18.8. The largest absolute Gasteiger partial charge is 0.481 e. The van der Waals surface area contributed by atoms with E-state index in [1.54, 1.807) is 0 Å². The number of aromatic amines is 1. The molecule has 2 aromatic heterocycles. The first kappa shape index (κ1) is 18.1. The van der Waals surface area contributed by atoms with Crippen molar-refractivity contribution in [2.75, 3.05) is 13.7 Å². The molecule has 0 radical (unpaired) electrons. The summed E-state index contributed by atoms with van der Waals surface area (Å²) in [6.07, 6.45) is 7.80. The second-order valence-electron chi connectivity index (χ2n) is 7.49. The molecule has 0 spiro atoms. The normalized spacial score (nSPS) is 18.3. The fraction of sp³-hybridized carbons (Fsp3) is 0.550. The molecule has 2 aliphatic rings. The number of aromatic nitrogens is 3. The number of ether oxygens (including phenoxy) is 1. The van der Waals surface area contributed by atoms with Crippen molar-refractivity contribution >= 4 is 0 Å². The molecule has 1 aliphatic heterocycles. The molecule has 27 heavy (non-hydrogen) atoms. The monoisotopic (exact) mass is 372 g/mol. The van der Waals surface area contributed by atoms with Crippen LogP contribution in [0.4, 0.5) is 4.39 Å². The van der Waals surface area contributed by atoms with Crippen LogP contribution in [0.1, 0.15) is 60.7 Å². The Morgan fingerprint density at radius 2 is 2.15 bits per heavy atom. The maximum atomic E-state index is 13.6. The third-order valence-corrected chi connectivity index (χ3v) is 5.64. The van der Waals surface area contributed by atoms with Crippen molar-refractivity contribution in [3.05, 3.63) is 51.1 Å². The fourth-order valence-electron chi connectivity index (χ4n) is 4.21. The van der Waals surface area contributed by atoms with Gasteiger partial charge in [0, 0.05) is 37.5 Å². The van der Waals surface area contributed by atoms with Gasteiger partial charge in [0.2, 0.25) is 5.88 Å². The van der Waals surface area contributed by atoms with E-state index in [0.717, 1.165) is 49.1 Å². The van der Waals surface area contributed by atoms with Crippen LogP contribution < -0.4 is 10.3 Å². The van der Waals surface area contributed by atoms with Crippen LogP contribution in [-0.2, 0) is 19.5 Å². The lowest BCUT2D eigenvalue weighted by Crippen LogP contribution is -2.36. The van der Waals surface area contributed by atoms with E-state index in [2.05, 4.69) is 14.9 Å². The van der Waals surface area contributed by atoms with E-state index in [1.807, 2.05) is 0 Å². The first-order valence-electron chi connectivity index (χ1n) is 9.67. The van der Waals surface area contributed by atoms with Gasteiger partial charge in [-0.2, -0.15) is 0 Å². The first-order chi connectivity index (χ1) is 13.1. The van der Waals surface area contributed by atoms with Gasteiger partial charge in [0.15, 0.2) is 0 Å². The predicted octanol–water partition coefficient (Wildman–Crippen LogP) is 2.92. The molecule has 1 aliphatic carbocycles. The topological polar surface area (TPSA) is 71.1 Å². The molecule has 7 heteroatoms.